The lowest BCUT2D eigenvalue weighted by Gasteiger charge is -2.23. The standard InChI is InChI=1S/C24H31N5O2/c1-4-18-5-7-19(8-6-18)15-28-11-9-21-26-27-23(29(21)13-12-28)22(17(2)3)25-24(30)20-10-14-31-16-20/h5-8,10,14,16-17,22H,4,9,11-13,15H2,1-3H3,(H,25,30)/t22-/m0/s1. The number of amides is 1. The van der Waals surface area contributed by atoms with Gasteiger partial charge in [0.15, 0.2) is 5.82 Å². The number of rotatable bonds is 7. The first kappa shape index (κ1) is 21.3. The summed E-state index contributed by atoms with van der Waals surface area (Å²) in [4.78, 5) is 15.1. The molecule has 1 amide bonds. The molecule has 1 N–H and O–H groups in total. The van der Waals surface area contributed by atoms with Crippen LogP contribution < -0.4 is 5.32 Å². The van der Waals surface area contributed by atoms with Crippen LogP contribution in [0.4, 0.5) is 0 Å². The van der Waals surface area contributed by atoms with Crippen molar-refractivity contribution >= 4 is 5.91 Å². The fourth-order valence-corrected chi connectivity index (χ4v) is 4.06. The third-order valence-electron chi connectivity index (χ3n) is 6.00. The molecule has 0 aliphatic carbocycles. The summed E-state index contributed by atoms with van der Waals surface area (Å²) in [5, 5.41) is 12.1. The molecule has 0 radical (unpaired) electrons. The summed E-state index contributed by atoms with van der Waals surface area (Å²) in [6, 6.07) is 10.4. The molecule has 0 saturated heterocycles. The van der Waals surface area contributed by atoms with Gasteiger partial charge in [0.2, 0.25) is 0 Å². The fourth-order valence-electron chi connectivity index (χ4n) is 4.06. The molecule has 7 heteroatoms. The summed E-state index contributed by atoms with van der Waals surface area (Å²) >= 11 is 0. The Labute approximate surface area is 183 Å². The number of carbonyl (C=O) groups excluding carboxylic acids is 1. The Morgan fingerprint density at radius 2 is 1.87 bits per heavy atom. The van der Waals surface area contributed by atoms with Gasteiger partial charge in [-0.1, -0.05) is 45.0 Å². The molecule has 4 rings (SSSR count). The van der Waals surface area contributed by atoms with Crippen LogP contribution in [0.1, 0.15) is 59.9 Å². The molecule has 1 aliphatic rings. The Morgan fingerprint density at radius 1 is 1.10 bits per heavy atom. The quantitative estimate of drug-likeness (QED) is 0.631. The molecule has 164 valence electrons. The van der Waals surface area contributed by atoms with E-state index in [9.17, 15) is 4.79 Å². The molecule has 1 aliphatic heterocycles. The molecule has 1 atom stereocenters. The van der Waals surface area contributed by atoms with Gasteiger partial charge in [-0.3, -0.25) is 9.69 Å². The lowest BCUT2D eigenvalue weighted by Crippen LogP contribution is -2.34. The fraction of sp³-hybridized carbons (Fsp3) is 0.458. The molecular formula is C24H31N5O2. The van der Waals surface area contributed by atoms with Crippen LogP contribution in [0.2, 0.25) is 0 Å². The summed E-state index contributed by atoms with van der Waals surface area (Å²) in [5.74, 6) is 1.84. The molecule has 3 heterocycles. The van der Waals surface area contributed by atoms with Crippen molar-refractivity contribution in [2.75, 3.05) is 13.1 Å². The van der Waals surface area contributed by atoms with Crippen molar-refractivity contribution < 1.29 is 9.21 Å². The second kappa shape index (κ2) is 9.47. The lowest BCUT2D eigenvalue weighted by atomic mass is 10.0. The third-order valence-corrected chi connectivity index (χ3v) is 6.00. The minimum atomic E-state index is -0.211. The molecule has 3 aromatic rings. The van der Waals surface area contributed by atoms with Crippen LogP contribution in [0.15, 0.2) is 47.3 Å². The molecule has 1 aromatic carbocycles. The predicted octanol–water partition coefficient (Wildman–Crippen LogP) is 3.62. The van der Waals surface area contributed by atoms with Crippen molar-refractivity contribution in [1.29, 1.82) is 0 Å². The number of furan rings is 1. The first-order valence-corrected chi connectivity index (χ1v) is 11.1. The summed E-state index contributed by atoms with van der Waals surface area (Å²) in [7, 11) is 0. The maximum atomic E-state index is 12.6. The highest BCUT2D eigenvalue weighted by atomic mass is 16.3. The topological polar surface area (TPSA) is 76.2 Å². The van der Waals surface area contributed by atoms with E-state index >= 15 is 0 Å². The van der Waals surface area contributed by atoms with E-state index < -0.39 is 0 Å². The number of benzene rings is 1. The van der Waals surface area contributed by atoms with Crippen LogP contribution in [0.3, 0.4) is 0 Å². The van der Waals surface area contributed by atoms with Crippen LogP contribution in [-0.2, 0) is 25.9 Å². The SMILES string of the molecule is CCc1ccc(CN2CCc3nnc([C@@H](NC(=O)c4ccoc4)C(C)C)n3CC2)cc1. The zero-order valence-corrected chi connectivity index (χ0v) is 18.5. The first-order valence-electron chi connectivity index (χ1n) is 11.1. The highest BCUT2D eigenvalue weighted by molar-refractivity contribution is 5.94. The Balaban J connectivity index is 1.46. The van der Waals surface area contributed by atoms with Gasteiger partial charge in [0.1, 0.15) is 12.1 Å². The molecule has 31 heavy (non-hydrogen) atoms. The number of nitrogens with zero attached hydrogens (tertiary/aromatic N) is 4. The normalized spacial score (nSPS) is 15.5. The van der Waals surface area contributed by atoms with Crippen molar-refractivity contribution in [3.8, 4) is 0 Å². The molecule has 0 bridgehead atoms. The number of aromatic nitrogens is 3. The summed E-state index contributed by atoms with van der Waals surface area (Å²) in [5.41, 5.74) is 3.22. The zero-order valence-electron chi connectivity index (χ0n) is 18.5. The van der Waals surface area contributed by atoms with Gasteiger partial charge >= 0.3 is 0 Å². The number of aryl methyl sites for hydroxylation is 1. The van der Waals surface area contributed by atoms with Gasteiger partial charge < -0.3 is 14.3 Å². The Morgan fingerprint density at radius 3 is 2.55 bits per heavy atom. The van der Waals surface area contributed by atoms with Gasteiger partial charge in [-0.25, -0.2) is 0 Å². The van der Waals surface area contributed by atoms with Crippen molar-refractivity contribution in [2.24, 2.45) is 5.92 Å². The maximum Gasteiger partial charge on any atom is 0.255 e. The molecule has 0 saturated carbocycles. The molecule has 7 nitrogen and oxygen atoms in total. The van der Waals surface area contributed by atoms with E-state index in [0.717, 1.165) is 50.7 Å². The van der Waals surface area contributed by atoms with Crippen molar-refractivity contribution in [3.63, 3.8) is 0 Å². The number of nitrogens with one attached hydrogen (secondary N) is 1. The van der Waals surface area contributed by atoms with Crippen LogP contribution in [0.25, 0.3) is 0 Å². The van der Waals surface area contributed by atoms with E-state index in [1.807, 2.05) is 0 Å². The van der Waals surface area contributed by atoms with Crippen molar-refractivity contribution in [3.05, 3.63) is 71.2 Å². The average Bonchev–Trinajstić information content (AvgIpc) is 3.40. The minimum absolute atomic E-state index is 0.157. The smallest absolute Gasteiger partial charge is 0.255 e. The van der Waals surface area contributed by atoms with Gasteiger partial charge in [-0.2, -0.15) is 0 Å². The second-order valence-corrected chi connectivity index (χ2v) is 8.53. The Hall–Kier alpha value is -2.93. The van der Waals surface area contributed by atoms with Gasteiger partial charge in [0.25, 0.3) is 5.91 Å². The zero-order chi connectivity index (χ0) is 21.8. The van der Waals surface area contributed by atoms with Gasteiger partial charge in [-0.15, -0.1) is 10.2 Å². The lowest BCUT2D eigenvalue weighted by molar-refractivity contribution is 0.0921. The number of carbonyl (C=O) groups is 1. The minimum Gasteiger partial charge on any atom is -0.472 e. The Kier molecular flexibility index (Phi) is 6.51. The molecule has 0 spiro atoms. The van der Waals surface area contributed by atoms with E-state index in [1.54, 1.807) is 6.07 Å². The monoisotopic (exact) mass is 421 g/mol. The van der Waals surface area contributed by atoms with Gasteiger partial charge in [0, 0.05) is 32.6 Å². The van der Waals surface area contributed by atoms with Crippen molar-refractivity contribution in [2.45, 2.75) is 52.7 Å². The Bertz CT molecular complexity index is 992. The molecule has 0 unspecified atom stereocenters. The van der Waals surface area contributed by atoms with Crippen LogP contribution >= 0.6 is 0 Å². The van der Waals surface area contributed by atoms with Crippen LogP contribution in [0, 0.1) is 5.92 Å². The van der Waals surface area contributed by atoms with E-state index in [4.69, 9.17) is 4.42 Å². The number of fused-ring (bicyclic) bond motifs is 1. The van der Waals surface area contributed by atoms with E-state index in [2.05, 4.69) is 70.0 Å². The average molecular weight is 422 g/mol. The predicted molar refractivity (Wildman–Crippen MR) is 119 cm³/mol. The largest absolute Gasteiger partial charge is 0.472 e. The van der Waals surface area contributed by atoms with Gasteiger partial charge in [0.05, 0.1) is 17.9 Å². The highest BCUT2D eigenvalue weighted by Crippen LogP contribution is 2.23. The highest BCUT2D eigenvalue weighted by Gasteiger charge is 2.28. The summed E-state index contributed by atoms with van der Waals surface area (Å²) < 4.78 is 7.24. The first-order chi connectivity index (χ1) is 15.0. The molecule has 0 fully saturated rings. The van der Waals surface area contributed by atoms with Crippen LogP contribution in [0.5, 0.6) is 0 Å². The second-order valence-electron chi connectivity index (χ2n) is 8.53. The van der Waals surface area contributed by atoms with E-state index in [0.29, 0.717) is 5.56 Å². The van der Waals surface area contributed by atoms with Crippen LogP contribution in [-0.4, -0.2) is 38.7 Å². The third kappa shape index (κ3) is 4.88. The van der Waals surface area contributed by atoms with Gasteiger partial charge in [-0.05, 0) is 29.5 Å². The van der Waals surface area contributed by atoms with E-state index in [1.165, 1.54) is 23.7 Å². The van der Waals surface area contributed by atoms with Crippen molar-refractivity contribution in [1.82, 2.24) is 25.0 Å². The molecular weight excluding hydrogens is 390 g/mol. The van der Waals surface area contributed by atoms with E-state index in [-0.39, 0.29) is 17.9 Å². The number of hydrogen-bond donors (Lipinski definition) is 1. The maximum absolute atomic E-state index is 12.6. The summed E-state index contributed by atoms with van der Waals surface area (Å²) in [6.45, 7) is 9.97. The summed E-state index contributed by atoms with van der Waals surface area (Å²) in [6.07, 6.45) is 4.88. The molecule has 2 aromatic heterocycles. The number of hydrogen-bond acceptors (Lipinski definition) is 5.